The molecule has 0 fully saturated rings. The highest BCUT2D eigenvalue weighted by molar-refractivity contribution is 6.15. The van der Waals surface area contributed by atoms with E-state index in [1.807, 2.05) is 6.07 Å². The molecule has 0 amide bonds. The van der Waals surface area contributed by atoms with Gasteiger partial charge in [-0.2, -0.15) is 0 Å². The van der Waals surface area contributed by atoms with Crippen LogP contribution in [-0.2, 0) is 4.74 Å². The SMILES string of the molecule is COC(=O)c1ccc2c(c1)C(=O)C(=Cc1ccc(OCC(C)C)c(OC)c1)O2. The van der Waals surface area contributed by atoms with Crippen LogP contribution in [-0.4, -0.2) is 32.6 Å². The van der Waals surface area contributed by atoms with Gasteiger partial charge in [0.05, 0.1) is 32.0 Å². The molecule has 0 N–H and O–H groups in total. The van der Waals surface area contributed by atoms with E-state index in [9.17, 15) is 9.59 Å². The number of carbonyl (C=O) groups is 2. The number of hydrogen-bond acceptors (Lipinski definition) is 6. The van der Waals surface area contributed by atoms with E-state index in [0.717, 1.165) is 5.56 Å². The van der Waals surface area contributed by atoms with Gasteiger partial charge in [-0.15, -0.1) is 0 Å². The van der Waals surface area contributed by atoms with E-state index in [1.54, 1.807) is 37.5 Å². The molecule has 0 saturated heterocycles. The van der Waals surface area contributed by atoms with Gasteiger partial charge < -0.3 is 18.9 Å². The van der Waals surface area contributed by atoms with Crippen molar-refractivity contribution in [2.45, 2.75) is 13.8 Å². The number of hydrogen-bond donors (Lipinski definition) is 0. The highest BCUT2D eigenvalue weighted by Crippen LogP contribution is 2.34. The Morgan fingerprint density at radius 1 is 1.11 bits per heavy atom. The molecule has 3 rings (SSSR count). The Morgan fingerprint density at radius 2 is 1.89 bits per heavy atom. The van der Waals surface area contributed by atoms with E-state index < -0.39 is 5.97 Å². The van der Waals surface area contributed by atoms with Gasteiger partial charge in [-0.1, -0.05) is 19.9 Å². The summed E-state index contributed by atoms with van der Waals surface area (Å²) in [6.45, 7) is 4.71. The summed E-state index contributed by atoms with van der Waals surface area (Å²) < 4.78 is 21.5. The summed E-state index contributed by atoms with van der Waals surface area (Å²) in [7, 11) is 2.86. The van der Waals surface area contributed by atoms with Crippen LogP contribution in [0, 0.1) is 5.92 Å². The molecule has 0 radical (unpaired) electrons. The number of carbonyl (C=O) groups excluding carboxylic acids is 2. The van der Waals surface area contributed by atoms with Crippen LogP contribution in [0.4, 0.5) is 0 Å². The predicted molar refractivity (Wildman–Crippen MR) is 104 cm³/mol. The first-order valence-corrected chi connectivity index (χ1v) is 8.90. The first-order valence-electron chi connectivity index (χ1n) is 8.90. The minimum absolute atomic E-state index is 0.176. The molecule has 6 nitrogen and oxygen atoms in total. The van der Waals surface area contributed by atoms with Crippen LogP contribution in [0.3, 0.4) is 0 Å². The highest BCUT2D eigenvalue weighted by Gasteiger charge is 2.28. The Kier molecular flexibility index (Phi) is 5.68. The maximum absolute atomic E-state index is 12.7. The van der Waals surface area contributed by atoms with Gasteiger partial charge in [0.2, 0.25) is 5.78 Å². The number of fused-ring (bicyclic) bond motifs is 1. The lowest BCUT2D eigenvalue weighted by Crippen LogP contribution is -2.05. The van der Waals surface area contributed by atoms with Gasteiger partial charge >= 0.3 is 5.97 Å². The van der Waals surface area contributed by atoms with Gasteiger partial charge in [-0.05, 0) is 47.9 Å². The third kappa shape index (κ3) is 4.01. The third-order valence-corrected chi connectivity index (χ3v) is 4.15. The molecule has 1 aliphatic rings. The normalized spacial score (nSPS) is 14.0. The molecular weight excluding hydrogens is 360 g/mol. The Labute approximate surface area is 163 Å². The molecule has 0 bridgehead atoms. The van der Waals surface area contributed by atoms with E-state index in [4.69, 9.17) is 18.9 Å². The van der Waals surface area contributed by atoms with E-state index in [2.05, 4.69) is 13.8 Å². The fraction of sp³-hybridized carbons (Fsp3) is 0.273. The predicted octanol–water partition coefficient (Wildman–Crippen LogP) is 4.13. The average Bonchev–Trinajstić information content (AvgIpc) is 3.01. The van der Waals surface area contributed by atoms with E-state index in [-0.39, 0.29) is 11.5 Å². The van der Waals surface area contributed by atoms with E-state index >= 15 is 0 Å². The van der Waals surface area contributed by atoms with Crippen LogP contribution in [0.2, 0.25) is 0 Å². The molecule has 2 aromatic carbocycles. The van der Waals surface area contributed by atoms with Crippen molar-refractivity contribution in [1.82, 2.24) is 0 Å². The number of Topliss-reactive ketones (excluding diaryl/α,β-unsaturated/α-hetero) is 1. The largest absolute Gasteiger partial charge is 0.493 e. The molecular formula is C22H22O6. The van der Waals surface area contributed by atoms with Crippen molar-refractivity contribution in [3.8, 4) is 17.2 Å². The van der Waals surface area contributed by atoms with Crippen LogP contribution < -0.4 is 14.2 Å². The smallest absolute Gasteiger partial charge is 0.337 e. The lowest BCUT2D eigenvalue weighted by molar-refractivity contribution is 0.0600. The van der Waals surface area contributed by atoms with Crippen LogP contribution in [0.15, 0.2) is 42.2 Å². The summed E-state index contributed by atoms with van der Waals surface area (Å²) >= 11 is 0. The number of allylic oxidation sites excluding steroid dienone is 1. The molecule has 6 heteroatoms. The minimum Gasteiger partial charge on any atom is -0.493 e. The molecule has 0 aliphatic carbocycles. The summed E-state index contributed by atoms with van der Waals surface area (Å²) in [4.78, 5) is 24.3. The summed E-state index contributed by atoms with van der Waals surface area (Å²) in [5, 5.41) is 0. The fourth-order valence-corrected chi connectivity index (χ4v) is 2.73. The number of esters is 1. The fourth-order valence-electron chi connectivity index (χ4n) is 2.73. The summed E-state index contributed by atoms with van der Waals surface area (Å²) in [6, 6.07) is 10.0. The van der Waals surface area contributed by atoms with Crippen LogP contribution in [0.5, 0.6) is 17.2 Å². The number of rotatable bonds is 6. The van der Waals surface area contributed by atoms with Gasteiger partial charge in [0, 0.05) is 0 Å². The van der Waals surface area contributed by atoms with Crippen LogP contribution >= 0.6 is 0 Å². The average molecular weight is 382 g/mol. The van der Waals surface area contributed by atoms with Gasteiger partial charge in [0.25, 0.3) is 0 Å². The quantitative estimate of drug-likeness (QED) is 0.553. The topological polar surface area (TPSA) is 71.1 Å². The molecule has 146 valence electrons. The Hall–Kier alpha value is -3.28. The molecule has 0 saturated carbocycles. The number of ketones is 1. The van der Waals surface area contributed by atoms with Crippen LogP contribution in [0.25, 0.3) is 6.08 Å². The molecule has 0 spiro atoms. The van der Waals surface area contributed by atoms with E-state index in [0.29, 0.717) is 40.9 Å². The van der Waals surface area contributed by atoms with Gasteiger partial charge in [0.15, 0.2) is 17.3 Å². The van der Waals surface area contributed by atoms with Gasteiger partial charge in [-0.25, -0.2) is 4.79 Å². The number of benzene rings is 2. The van der Waals surface area contributed by atoms with E-state index in [1.165, 1.54) is 13.2 Å². The second kappa shape index (κ2) is 8.17. The summed E-state index contributed by atoms with van der Waals surface area (Å²) in [6.07, 6.45) is 1.63. The summed E-state index contributed by atoms with van der Waals surface area (Å²) in [5.41, 5.74) is 1.36. The molecule has 0 atom stereocenters. The maximum Gasteiger partial charge on any atom is 0.337 e. The summed E-state index contributed by atoms with van der Waals surface area (Å²) in [5.74, 6) is 1.40. The van der Waals surface area contributed by atoms with Crippen molar-refractivity contribution in [2.24, 2.45) is 5.92 Å². The van der Waals surface area contributed by atoms with Crippen molar-refractivity contribution < 1.29 is 28.5 Å². The molecule has 1 heterocycles. The molecule has 0 unspecified atom stereocenters. The zero-order valence-electron chi connectivity index (χ0n) is 16.3. The number of methoxy groups -OCH3 is 2. The van der Waals surface area contributed by atoms with Gasteiger partial charge in [-0.3, -0.25) is 4.79 Å². The molecule has 28 heavy (non-hydrogen) atoms. The Balaban J connectivity index is 1.85. The first kappa shape index (κ1) is 19.5. The standard InChI is InChI=1S/C22H22O6/c1-13(2)12-27-18-7-5-14(9-19(18)25-3)10-20-21(23)16-11-15(22(24)26-4)6-8-17(16)28-20/h5-11,13H,12H2,1-4H3. The van der Waals surface area contributed by atoms with Crippen molar-refractivity contribution in [1.29, 1.82) is 0 Å². The zero-order valence-corrected chi connectivity index (χ0v) is 16.3. The first-order chi connectivity index (χ1) is 13.4. The third-order valence-electron chi connectivity index (χ3n) is 4.15. The van der Waals surface area contributed by atoms with Crippen molar-refractivity contribution in [3.05, 3.63) is 58.8 Å². The van der Waals surface area contributed by atoms with Crippen molar-refractivity contribution >= 4 is 17.8 Å². The van der Waals surface area contributed by atoms with Crippen molar-refractivity contribution in [3.63, 3.8) is 0 Å². The zero-order chi connectivity index (χ0) is 20.3. The monoisotopic (exact) mass is 382 g/mol. The molecule has 0 aromatic heterocycles. The Morgan fingerprint density at radius 3 is 2.57 bits per heavy atom. The second-order valence-electron chi connectivity index (χ2n) is 6.76. The highest BCUT2D eigenvalue weighted by atomic mass is 16.5. The lowest BCUT2D eigenvalue weighted by atomic mass is 10.1. The maximum atomic E-state index is 12.7. The van der Waals surface area contributed by atoms with Gasteiger partial charge in [0.1, 0.15) is 5.75 Å². The lowest BCUT2D eigenvalue weighted by Gasteiger charge is -2.13. The molecule has 2 aromatic rings. The van der Waals surface area contributed by atoms with Crippen molar-refractivity contribution in [2.75, 3.05) is 20.8 Å². The van der Waals surface area contributed by atoms with Crippen LogP contribution in [0.1, 0.15) is 40.1 Å². The second-order valence-corrected chi connectivity index (χ2v) is 6.76. The minimum atomic E-state index is -0.505. The number of ether oxygens (including phenoxy) is 4. The molecule has 1 aliphatic heterocycles. The Bertz CT molecular complexity index is 942.